The lowest BCUT2D eigenvalue weighted by molar-refractivity contribution is -0.143. The van der Waals surface area contributed by atoms with Crippen molar-refractivity contribution in [3.05, 3.63) is 0 Å². The molecule has 6 N–H and O–H groups in total. The normalized spacial score (nSPS) is 23.3. The quantitative estimate of drug-likeness (QED) is 0.307. The number of carbonyl (C=O) groups is 4. The smallest absolute Gasteiger partial charge is 0.319 e. The van der Waals surface area contributed by atoms with Crippen LogP contribution in [0.2, 0.25) is 0 Å². The van der Waals surface area contributed by atoms with Crippen LogP contribution in [0.15, 0.2) is 0 Å². The highest BCUT2D eigenvalue weighted by Crippen LogP contribution is 2.25. The second kappa shape index (κ2) is 13.0. The number of nitrogens with one attached hydrogen (secondary N) is 2. The molecule has 1 rings (SSSR count). The molecule has 0 aromatic rings. The third-order valence-electron chi connectivity index (χ3n) is 4.78. The maximum Gasteiger partial charge on any atom is 0.319 e. The standard InChI is InChI=1S/C17H30N4O8/c22-14(23)8-12-2-1-6-20(10-16(26)27)18-19-21(11-17(28)29)7-5-13(4-3-12)9-15(24)25/h12-13,18-19H,1-11H2,(H,22,23)(H,24,25)(H,26,27)(H,28,29). The van der Waals surface area contributed by atoms with Gasteiger partial charge < -0.3 is 20.4 Å². The molecule has 1 heterocycles. The highest BCUT2D eigenvalue weighted by Gasteiger charge is 2.22. The zero-order chi connectivity index (χ0) is 21.8. The average Bonchev–Trinajstić information content (AvgIpc) is 2.59. The highest BCUT2D eigenvalue weighted by atomic mass is 16.4. The van der Waals surface area contributed by atoms with Gasteiger partial charge in [-0.15, -0.1) is 0 Å². The van der Waals surface area contributed by atoms with Gasteiger partial charge in [0.15, 0.2) is 0 Å². The van der Waals surface area contributed by atoms with Crippen LogP contribution in [0.4, 0.5) is 0 Å². The summed E-state index contributed by atoms with van der Waals surface area (Å²) in [5.41, 5.74) is 5.37. The summed E-state index contributed by atoms with van der Waals surface area (Å²) in [6, 6.07) is 0. The minimum absolute atomic E-state index is 0.0322. The van der Waals surface area contributed by atoms with Crippen LogP contribution < -0.4 is 11.1 Å². The van der Waals surface area contributed by atoms with Gasteiger partial charge in [0.2, 0.25) is 0 Å². The Bertz CT molecular complexity index is 526. The molecule has 0 aliphatic carbocycles. The third kappa shape index (κ3) is 12.0. The van der Waals surface area contributed by atoms with Crippen LogP contribution in [0.1, 0.15) is 44.9 Å². The molecule has 1 aliphatic heterocycles. The number of nitrogens with zero attached hydrogens (tertiary/aromatic N) is 2. The molecule has 166 valence electrons. The Morgan fingerprint density at radius 3 is 1.55 bits per heavy atom. The average molecular weight is 418 g/mol. The molecule has 0 aromatic carbocycles. The van der Waals surface area contributed by atoms with Gasteiger partial charge in [-0.05, 0) is 43.9 Å². The summed E-state index contributed by atoms with van der Waals surface area (Å²) in [7, 11) is 0. The van der Waals surface area contributed by atoms with Gasteiger partial charge in [0, 0.05) is 25.9 Å². The predicted molar refractivity (Wildman–Crippen MR) is 99.3 cm³/mol. The molecule has 1 fully saturated rings. The van der Waals surface area contributed by atoms with E-state index in [1.807, 2.05) is 0 Å². The summed E-state index contributed by atoms with van der Waals surface area (Å²) < 4.78 is 0. The fourth-order valence-corrected chi connectivity index (χ4v) is 3.39. The first-order valence-corrected chi connectivity index (χ1v) is 9.54. The predicted octanol–water partition coefficient (Wildman–Crippen LogP) is -0.170. The van der Waals surface area contributed by atoms with Crippen molar-refractivity contribution < 1.29 is 39.6 Å². The summed E-state index contributed by atoms with van der Waals surface area (Å²) >= 11 is 0. The lowest BCUT2D eigenvalue weighted by Crippen LogP contribution is -2.57. The topological polar surface area (TPSA) is 180 Å². The van der Waals surface area contributed by atoms with E-state index in [4.69, 9.17) is 20.4 Å². The number of carboxylic acid groups (broad SMARTS) is 4. The Morgan fingerprint density at radius 2 is 1.10 bits per heavy atom. The minimum atomic E-state index is -1.09. The minimum Gasteiger partial charge on any atom is -0.481 e. The molecule has 0 spiro atoms. The molecule has 0 radical (unpaired) electrons. The third-order valence-corrected chi connectivity index (χ3v) is 4.78. The van der Waals surface area contributed by atoms with Gasteiger partial charge in [-0.2, -0.15) is 11.1 Å². The van der Waals surface area contributed by atoms with Crippen molar-refractivity contribution in [1.29, 1.82) is 0 Å². The van der Waals surface area contributed by atoms with E-state index in [0.29, 0.717) is 38.6 Å². The molecule has 0 saturated carbocycles. The first kappa shape index (κ1) is 24.8. The number of hydrogen-bond acceptors (Lipinski definition) is 8. The maximum atomic E-state index is 11.2. The molecule has 0 bridgehead atoms. The molecule has 2 unspecified atom stereocenters. The van der Waals surface area contributed by atoms with Gasteiger partial charge in [0.05, 0.1) is 0 Å². The molecule has 29 heavy (non-hydrogen) atoms. The van der Waals surface area contributed by atoms with E-state index in [1.54, 1.807) is 0 Å². The van der Waals surface area contributed by atoms with Crippen LogP contribution in [-0.4, -0.2) is 80.5 Å². The number of rotatable bonds is 8. The summed E-state index contributed by atoms with van der Waals surface area (Å²) in [6.45, 7) is -0.162. The second-order valence-electron chi connectivity index (χ2n) is 7.29. The van der Waals surface area contributed by atoms with Gasteiger partial charge in [-0.3, -0.25) is 19.2 Å². The van der Waals surface area contributed by atoms with Crippen molar-refractivity contribution in [2.45, 2.75) is 44.9 Å². The van der Waals surface area contributed by atoms with Crippen molar-refractivity contribution in [1.82, 2.24) is 21.1 Å². The number of carboxylic acids is 4. The van der Waals surface area contributed by atoms with Gasteiger partial charge in [-0.1, -0.05) is 0 Å². The molecular formula is C17H30N4O8. The first-order chi connectivity index (χ1) is 13.7. The number of hydrogen-bond donors (Lipinski definition) is 6. The van der Waals surface area contributed by atoms with E-state index in [0.717, 1.165) is 0 Å². The van der Waals surface area contributed by atoms with E-state index in [1.165, 1.54) is 10.0 Å². The van der Waals surface area contributed by atoms with Crippen molar-refractivity contribution in [3.8, 4) is 0 Å². The second-order valence-corrected chi connectivity index (χ2v) is 7.29. The van der Waals surface area contributed by atoms with E-state index < -0.39 is 23.9 Å². The summed E-state index contributed by atoms with van der Waals surface area (Å²) in [4.78, 5) is 44.5. The largest absolute Gasteiger partial charge is 0.481 e. The van der Waals surface area contributed by atoms with Crippen molar-refractivity contribution in [2.24, 2.45) is 11.8 Å². The fourth-order valence-electron chi connectivity index (χ4n) is 3.39. The van der Waals surface area contributed by atoms with Crippen molar-refractivity contribution in [2.75, 3.05) is 26.2 Å². The van der Waals surface area contributed by atoms with Gasteiger partial charge >= 0.3 is 23.9 Å². The Hall–Kier alpha value is -2.28. The van der Waals surface area contributed by atoms with Crippen LogP contribution in [0.25, 0.3) is 0 Å². The zero-order valence-corrected chi connectivity index (χ0v) is 16.2. The monoisotopic (exact) mass is 418 g/mol. The van der Waals surface area contributed by atoms with E-state index >= 15 is 0 Å². The highest BCUT2D eigenvalue weighted by molar-refractivity contribution is 5.69. The van der Waals surface area contributed by atoms with Crippen molar-refractivity contribution in [3.63, 3.8) is 0 Å². The SMILES string of the molecule is O=C(O)CC1CCCN(CC(=O)O)NNN(CC(=O)O)CCC(CC(=O)O)CC1. The Morgan fingerprint density at radius 1 is 0.655 bits per heavy atom. The summed E-state index contributed by atoms with van der Waals surface area (Å²) in [5.74, 6) is -4.42. The molecule has 1 aliphatic rings. The molecule has 0 amide bonds. The van der Waals surface area contributed by atoms with Crippen LogP contribution >= 0.6 is 0 Å². The zero-order valence-electron chi connectivity index (χ0n) is 16.2. The van der Waals surface area contributed by atoms with Gasteiger partial charge in [0.25, 0.3) is 0 Å². The molecule has 12 nitrogen and oxygen atoms in total. The molecule has 2 atom stereocenters. The number of hydrazine groups is 3. The van der Waals surface area contributed by atoms with Crippen molar-refractivity contribution >= 4 is 23.9 Å². The molecular weight excluding hydrogens is 388 g/mol. The first-order valence-electron chi connectivity index (χ1n) is 9.54. The Labute approximate surface area is 168 Å². The molecule has 1 saturated heterocycles. The molecule has 12 heteroatoms. The lowest BCUT2D eigenvalue weighted by Gasteiger charge is -2.28. The van der Waals surface area contributed by atoms with E-state index in [9.17, 15) is 19.2 Å². The van der Waals surface area contributed by atoms with E-state index in [-0.39, 0.29) is 44.3 Å². The van der Waals surface area contributed by atoms with Crippen LogP contribution in [-0.2, 0) is 19.2 Å². The summed E-state index contributed by atoms with van der Waals surface area (Å²) in [6.07, 6.45) is 2.44. The van der Waals surface area contributed by atoms with Gasteiger partial charge in [0.1, 0.15) is 13.1 Å². The van der Waals surface area contributed by atoms with Gasteiger partial charge in [-0.25, -0.2) is 10.0 Å². The molecule has 0 aromatic heterocycles. The van der Waals surface area contributed by atoms with E-state index in [2.05, 4.69) is 11.1 Å². The Kier molecular flexibility index (Phi) is 11.1. The van der Waals surface area contributed by atoms with Crippen LogP contribution in [0.3, 0.4) is 0 Å². The van der Waals surface area contributed by atoms with Crippen LogP contribution in [0, 0.1) is 11.8 Å². The Balaban J connectivity index is 2.92. The van der Waals surface area contributed by atoms with Crippen LogP contribution in [0.5, 0.6) is 0 Å². The fraction of sp³-hybridized carbons (Fsp3) is 0.765. The maximum absolute atomic E-state index is 11.2. The summed E-state index contributed by atoms with van der Waals surface area (Å²) in [5, 5.41) is 39.1. The lowest BCUT2D eigenvalue weighted by atomic mass is 9.87. The number of aliphatic carboxylic acids is 4.